The Morgan fingerprint density at radius 2 is 2.00 bits per heavy atom. The Morgan fingerprint density at radius 1 is 1.39 bits per heavy atom. The number of carbonyl (C=O) groups excluding carboxylic acids is 1. The van der Waals surface area contributed by atoms with Crippen LogP contribution in [0.2, 0.25) is 0 Å². The summed E-state index contributed by atoms with van der Waals surface area (Å²) in [6, 6.07) is 9.66. The number of hydrogen-bond acceptors (Lipinski definition) is 4. The monoisotopic (exact) mass is 252 g/mol. The molecule has 1 N–H and O–H groups in total. The van der Waals surface area contributed by atoms with E-state index in [1.807, 2.05) is 30.3 Å². The van der Waals surface area contributed by atoms with E-state index in [4.69, 9.17) is 4.74 Å². The molecule has 4 nitrogen and oxygen atoms in total. The molecule has 2 unspecified atom stereocenters. The Labute approximate surface area is 108 Å². The summed E-state index contributed by atoms with van der Waals surface area (Å²) >= 11 is 0. The predicted octanol–water partition coefficient (Wildman–Crippen LogP) is 1.76. The number of aliphatic hydroxyl groups is 1. The van der Waals surface area contributed by atoms with E-state index in [-0.39, 0.29) is 6.61 Å². The molecule has 2 atom stereocenters. The number of benzene rings is 1. The van der Waals surface area contributed by atoms with Crippen LogP contribution in [0, 0.1) is 5.92 Å². The van der Waals surface area contributed by atoms with E-state index < -0.39 is 17.5 Å². The van der Waals surface area contributed by atoms with Gasteiger partial charge in [0.1, 0.15) is 0 Å². The first-order valence-electron chi connectivity index (χ1n) is 5.89. The third-order valence-electron chi connectivity index (χ3n) is 2.99. The summed E-state index contributed by atoms with van der Waals surface area (Å²) in [6.45, 7) is 3.68. The maximum Gasteiger partial charge on any atom is 0.311 e. The lowest BCUT2D eigenvalue weighted by atomic mass is 9.92. The number of methoxy groups -OCH3 is 1. The molecule has 18 heavy (non-hydrogen) atoms. The molecule has 0 bridgehead atoms. The maximum atomic E-state index is 11.4. The summed E-state index contributed by atoms with van der Waals surface area (Å²) in [5, 5.41) is 10.1. The van der Waals surface area contributed by atoms with Gasteiger partial charge in [0.05, 0.1) is 31.8 Å². The number of hydrogen-bond donors (Lipinski definition) is 1. The highest BCUT2D eigenvalue weighted by Crippen LogP contribution is 2.19. The van der Waals surface area contributed by atoms with Gasteiger partial charge in [0.2, 0.25) is 0 Å². The molecular formula is C14H20O4. The minimum Gasteiger partial charge on any atom is -0.469 e. The van der Waals surface area contributed by atoms with Crippen LogP contribution in [0.25, 0.3) is 0 Å². The molecule has 0 radical (unpaired) electrons. The number of ether oxygens (including phenoxy) is 2. The molecule has 0 aromatic heterocycles. The Hall–Kier alpha value is -1.39. The highest BCUT2D eigenvalue weighted by molar-refractivity contribution is 5.73. The number of carbonyl (C=O) groups is 1. The summed E-state index contributed by atoms with van der Waals surface area (Å²) in [6.07, 6.45) is 0. The summed E-state index contributed by atoms with van der Waals surface area (Å²) in [4.78, 5) is 11.4. The molecule has 0 amide bonds. The van der Waals surface area contributed by atoms with Gasteiger partial charge in [-0.1, -0.05) is 30.3 Å². The molecule has 4 heteroatoms. The number of rotatable bonds is 6. The minimum absolute atomic E-state index is 0.0815. The summed E-state index contributed by atoms with van der Waals surface area (Å²) < 4.78 is 10.1. The van der Waals surface area contributed by atoms with Crippen LogP contribution in [0.5, 0.6) is 0 Å². The molecule has 0 heterocycles. The molecule has 1 aromatic carbocycles. The van der Waals surface area contributed by atoms with Gasteiger partial charge in [0, 0.05) is 0 Å². The predicted molar refractivity (Wildman–Crippen MR) is 67.9 cm³/mol. The fourth-order valence-corrected chi connectivity index (χ4v) is 1.51. The van der Waals surface area contributed by atoms with Gasteiger partial charge in [-0.3, -0.25) is 4.79 Å². The van der Waals surface area contributed by atoms with Crippen LogP contribution in [-0.2, 0) is 20.9 Å². The van der Waals surface area contributed by atoms with E-state index in [0.717, 1.165) is 5.56 Å². The van der Waals surface area contributed by atoms with E-state index in [1.54, 1.807) is 13.8 Å². The largest absolute Gasteiger partial charge is 0.469 e. The Kier molecular flexibility index (Phi) is 5.31. The highest BCUT2D eigenvalue weighted by Gasteiger charge is 2.34. The van der Waals surface area contributed by atoms with Gasteiger partial charge in [0.25, 0.3) is 0 Å². The molecule has 1 rings (SSSR count). The van der Waals surface area contributed by atoms with Gasteiger partial charge in [0.15, 0.2) is 0 Å². The third-order valence-corrected chi connectivity index (χ3v) is 2.99. The van der Waals surface area contributed by atoms with E-state index in [2.05, 4.69) is 4.74 Å². The third kappa shape index (κ3) is 4.13. The Balaban J connectivity index is 2.44. The SMILES string of the molecule is COC(=O)C(C)C(C)(O)COCc1ccccc1. The highest BCUT2D eigenvalue weighted by atomic mass is 16.5. The fraction of sp³-hybridized carbons (Fsp3) is 0.500. The lowest BCUT2D eigenvalue weighted by Crippen LogP contribution is -2.42. The molecule has 1 aromatic rings. The molecule has 100 valence electrons. The smallest absolute Gasteiger partial charge is 0.311 e. The van der Waals surface area contributed by atoms with Crippen LogP contribution in [0.1, 0.15) is 19.4 Å². The van der Waals surface area contributed by atoms with Gasteiger partial charge < -0.3 is 14.6 Å². The van der Waals surface area contributed by atoms with Crippen LogP contribution in [-0.4, -0.2) is 30.4 Å². The zero-order valence-corrected chi connectivity index (χ0v) is 11.1. The maximum absolute atomic E-state index is 11.4. The zero-order valence-electron chi connectivity index (χ0n) is 11.1. The lowest BCUT2D eigenvalue weighted by Gasteiger charge is -2.28. The molecule has 0 fully saturated rings. The average molecular weight is 252 g/mol. The van der Waals surface area contributed by atoms with Crippen molar-refractivity contribution >= 4 is 5.97 Å². The van der Waals surface area contributed by atoms with Gasteiger partial charge in [-0.25, -0.2) is 0 Å². The van der Waals surface area contributed by atoms with Crippen LogP contribution in [0.3, 0.4) is 0 Å². The van der Waals surface area contributed by atoms with Crippen LogP contribution in [0.15, 0.2) is 30.3 Å². The quantitative estimate of drug-likeness (QED) is 0.784. The summed E-state index contributed by atoms with van der Waals surface area (Å²) in [7, 11) is 1.31. The zero-order chi connectivity index (χ0) is 13.6. The molecule has 0 saturated carbocycles. The van der Waals surface area contributed by atoms with E-state index in [0.29, 0.717) is 6.61 Å². The Morgan fingerprint density at radius 3 is 2.56 bits per heavy atom. The summed E-state index contributed by atoms with van der Waals surface area (Å²) in [5.41, 5.74) is -0.207. The minimum atomic E-state index is -1.23. The van der Waals surface area contributed by atoms with Crippen molar-refractivity contribution in [3.05, 3.63) is 35.9 Å². The van der Waals surface area contributed by atoms with Crippen molar-refractivity contribution in [3.8, 4) is 0 Å². The first-order valence-corrected chi connectivity index (χ1v) is 5.89. The molecule has 0 aliphatic carbocycles. The van der Waals surface area contributed by atoms with Crippen LogP contribution < -0.4 is 0 Å². The van der Waals surface area contributed by atoms with Crippen molar-refractivity contribution in [2.24, 2.45) is 5.92 Å². The molecule has 0 aliphatic heterocycles. The van der Waals surface area contributed by atoms with Crippen molar-refractivity contribution in [3.63, 3.8) is 0 Å². The first kappa shape index (κ1) is 14.7. The second kappa shape index (κ2) is 6.52. The molecule has 0 saturated heterocycles. The van der Waals surface area contributed by atoms with Gasteiger partial charge in [-0.05, 0) is 19.4 Å². The lowest BCUT2D eigenvalue weighted by molar-refractivity contribution is -0.158. The van der Waals surface area contributed by atoms with Crippen molar-refractivity contribution in [1.29, 1.82) is 0 Å². The van der Waals surface area contributed by atoms with Gasteiger partial charge in [-0.15, -0.1) is 0 Å². The molecular weight excluding hydrogens is 232 g/mol. The van der Waals surface area contributed by atoms with Crippen LogP contribution in [0.4, 0.5) is 0 Å². The molecule has 0 spiro atoms. The topological polar surface area (TPSA) is 55.8 Å². The first-order chi connectivity index (χ1) is 8.47. The number of esters is 1. The Bertz CT molecular complexity index is 373. The second-order valence-electron chi connectivity index (χ2n) is 4.58. The standard InChI is InChI=1S/C14H20O4/c1-11(13(15)17-3)14(2,16)10-18-9-12-7-5-4-6-8-12/h4-8,11,16H,9-10H2,1-3H3. The van der Waals surface area contributed by atoms with Crippen molar-refractivity contribution in [2.75, 3.05) is 13.7 Å². The van der Waals surface area contributed by atoms with Crippen molar-refractivity contribution in [2.45, 2.75) is 26.1 Å². The van der Waals surface area contributed by atoms with E-state index in [1.165, 1.54) is 7.11 Å². The van der Waals surface area contributed by atoms with Crippen molar-refractivity contribution < 1.29 is 19.4 Å². The van der Waals surface area contributed by atoms with Crippen molar-refractivity contribution in [1.82, 2.24) is 0 Å². The second-order valence-corrected chi connectivity index (χ2v) is 4.58. The normalized spacial score (nSPS) is 15.8. The molecule has 0 aliphatic rings. The fourth-order valence-electron chi connectivity index (χ4n) is 1.51. The van der Waals surface area contributed by atoms with Gasteiger partial charge in [-0.2, -0.15) is 0 Å². The van der Waals surface area contributed by atoms with E-state index in [9.17, 15) is 9.90 Å². The van der Waals surface area contributed by atoms with Crippen LogP contribution >= 0.6 is 0 Å². The van der Waals surface area contributed by atoms with E-state index >= 15 is 0 Å². The van der Waals surface area contributed by atoms with Gasteiger partial charge >= 0.3 is 5.97 Å². The average Bonchev–Trinajstić information content (AvgIpc) is 2.38. The summed E-state index contributed by atoms with van der Waals surface area (Å²) in [5.74, 6) is -1.07.